The Kier molecular flexibility index (Phi) is 4.24. The van der Waals surface area contributed by atoms with Crippen LogP contribution in [0, 0.1) is 11.8 Å². The van der Waals surface area contributed by atoms with Crippen molar-refractivity contribution in [2.45, 2.75) is 45.1 Å². The summed E-state index contributed by atoms with van der Waals surface area (Å²) in [4.78, 5) is 24.9. The van der Waals surface area contributed by atoms with Crippen LogP contribution in [0.5, 0.6) is 0 Å². The molecule has 23 heavy (non-hydrogen) atoms. The molecule has 4 nitrogen and oxygen atoms in total. The first-order valence-corrected chi connectivity index (χ1v) is 8.22. The van der Waals surface area contributed by atoms with Crippen LogP contribution in [0.1, 0.15) is 44.6 Å². The Morgan fingerprint density at radius 2 is 1.83 bits per heavy atom. The van der Waals surface area contributed by atoms with Crippen LogP contribution in [-0.2, 0) is 14.3 Å². The monoisotopic (exact) mass is 314 g/mol. The fraction of sp³-hybridized carbons (Fsp3) is 0.474. The van der Waals surface area contributed by atoms with E-state index >= 15 is 0 Å². The zero-order valence-electron chi connectivity index (χ0n) is 13.5. The van der Waals surface area contributed by atoms with Gasteiger partial charge in [-0.2, -0.15) is 0 Å². The molecule has 1 aromatic carbocycles. The number of hydrogen-bond acceptors (Lipinski definition) is 4. The summed E-state index contributed by atoms with van der Waals surface area (Å²) in [7, 11) is 0. The molecule has 0 aromatic heterocycles. The van der Waals surface area contributed by atoms with Gasteiger partial charge in [-0.3, -0.25) is 4.79 Å². The summed E-state index contributed by atoms with van der Waals surface area (Å²) in [6, 6.07) is 9.58. The van der Waals surface area contributed by atoms with Crippen molar-refractivity contribution in [1.82, 2.24) is 0 Å². The summed E-state index contributed by atoms with van der Waals surface area (Å²) in [5, 5.41) is 10.4. The third kappa shape index (κ3) is 3.16. The maximum absolute atomic E-state index is 12.5. The van der Waals surface area contributed by atoms with Crippen molar-refractivity contribution in [2.24, 2.45) is 11.8 Å². The van der Waals surface area contributed by atoms with Gasteiger partial charge in [0.25, 0.3) is 0 Å². The van der Waals surface area contributed by atoms with Crippen molar-refractivity contribution >= 4 is 11.8 Å². The summed E-state index contributed by atoms with van der Waals surface area (Å²) < 4.78 is 5.37. The van der Waals surface area contributed by atoms with Gasteiger partial charge in [-0.1, -0.05) is 44.2 Å². The molecule has 0 radical (unpaired) electrons. The number of hydrogen-bond donors (Lipinski definition) is 1. The van der Waals surface area contributed by atoms with E-state index in [9.17, 15) is 14.7 Å². The van der Waals surface area contributed by atoms with Crippen LogP contribution in [0.2, 0.25) is 0 Å². The van der Waals surface area contributed by atoms with Crippen LogP contribution in [0.4, 0.5) is 0 Å². The van der Waals surface area contributed by atoms with E-state index in [0.717, 1.165) is 18.4 Å². The maximum Gasteiger partial charge on any atom is 0.339 e. The third-order valence-electron chi connectivity index (χ3n) is 4.50. The van der Waals surface area contributed by atoms with Crippen molar-refractivity contribution in [2.75, 3.05) is 0 Å². The first kappa shape index (κ1) is 15.8. The SMILES string of the molecule is CC(C)CC1OC(=O)C(C(c2ccccc2)C2CC2)=C(O)C1=O. The minimum Gasteiger partial charge on any atom is -0.504 e. The van der Waals surface area contributed by atoms with E-state index in [2.05, 4.69) is 0 Å². The first-order chi connectivity index (χ1) is 11.0. The van der Waals surface area contributed by atoms with Gasteiger partial charge < -0.3 is 9.84 Å². The van der Waals surface area contributed by atoms with Crippen molar-refractivity contribution < 1.29 is 19.4 Å². The average Bonchev–Trinajstić information content (AvgIpc) is 3.34. The highest BCUT2D eigenvalue weighted by atomic mass is 16.6. The molecule has 3 rings (SSSR count). The number of Topliss-reactive ketones (excluding diaryl/α,β-unsaturated/α-hetero) is 1. The number of cyclic esters (lactones) is 1. The first-order valence-electron chi connectivity index (χ1n) is 8.22. The molecule has 0 saturated heterocycles. The van der Waals surface area contributed by atoms with Crippen molar-refractivity contribution in [1.29, 1.82) is 0 Å². The lowest BCUT2D eigenvalue weighted by Gasteiger charge is -2.28. The van der Waals surface area contributed by atoms with E-state index in [1.807, 2.05) is 44.2 Å². The highest BCUT2D eigenvalue weighted by molar-refractivity contribution is 6.09. The summed E-state index contributed by atoms with van der Waals surface area (Å²) in [5.41, 5.74) is 1.09. The van der Waals surface area contributed by atoms with Gasteiger partial charge in [0.1, 0.15) is 0 Å². The molecule has 1 aromatic rings. The van der Waals surface area contributed by atoms with Gasteiger partial charge in [0.2, 0.25) is 5.78 Å². The smallest absolute Gasteiger partial charge is 0.339 e. The maximum atomic E-state index is 12.5. The van der Waals surface area contributed by atoms with Gasteiger partial charge in [-0.05, 0) is 36.7 Å². The number of rotatable bonds is 5. The molecule has 122 valence electrons. The number of aliphatic hydroxyl groups is 1. The van der Waals surface area contributed by atoms with E-state index < -0.39 is 23.6 Å². The Bertz CT molecular complexity index is 641. The van der Waals surface area contributed by atoms with E-state index in [0.29, 0.717) is 6.42 Å². The largest absolute Gasteiger partial charge is 0.504 e. The van der Waals surface area contributed by atoms with Gasteiger partial charge in [0, 0.05) is 5.92 Å². The number of aliphatic hydroxyl groups excluding tert-OH is 1. The van der Waals surface area contributed by atoms with Crippen LogP contribution in [0.15, 0.2) is 41.7 Å². The molecule has 1 aliphatic heterocycles. The van der Waals surface area contributed by atoms with Crippen LogP contribution >= 0.6 is 0 Å². The van der Waals surface area contributed by atoms with Crippen molar-refractivity contribution in [3.05, 3.63) is 47.2 Å². The van der Waals surface area contributed by atoms with Gasteiger partial charge in [-0.25, -0.2) is 4.79 Å². The molecule has 0 bridgehead atoms. The number of esters is 1. The molecule has 2 unspecified atom stereocenters. The second-order valence-corrected chi connectivity index (χ2v) is 6.88. The molecule has 4 heteroatoms. The molecular formula is C19H22O4. The zero-order valence-corrected chi connectivity index (χ0v) is 13.5. The molecule has 1 heterocycles. The van der Waals surface area contributed by atoms with Crippen LogP contribution in [-0.4, -0.2) is 23.0 Å². The van der Waals surface area contributed by atoms with Crippen LogP contribution in [0.3, 0.4) is 0 Å². The van der Waals surface area contributed by atoms with E-state index in [4.69, 9.17) is 4.74 Å². The minimum atomic E-state index is -0.859. The number of carbonyl (C=O) groups excluding carboxylic acids is 2. The normalized spacial score (nSPS) is 23.2. The second-order valence-electron chi connectivity index (χ2n) is 6.88. The topological polar surface area (TPSA) is 63.6 Å². The molecule has 1 fully saturated rings. The molecule has 2 aliphatic rings. The minimum absolute atomic E-state index is 0.142. The summed E-state index contributed by atoms with van der Waals surface area (Å²) >= 11 is 0. The predicted octanol–water partition coefficient (Wildman–Crippen LogP) is 3.53. The average molecular weight is 314 g/mol. The van der Waals surface area contributed by atoms with E-state index in [-0.39, 0.29) is 23.3 Å². The third-order valence-corrected chi connectivity index (χ3v) is 4.50. The Labute approximate surface area is 136 Å². The molecular weight excluding hydrogens is 292 g/mol. The lowest BCUT2D eigenvalue weighted by Crippen LogP contribution is -2.38. The van der Waals surface area contributed by atoms with E-state index in [1.54, 1.807) is 0 Å². The van der Waals surface area contributed by atoms with Gasteiger partial charge in [0.15, 0.2) is 11.9 Å². The fourth-order valence-electron chi connectivity index (χ4n) is 3.25. The van der Waals surface area contributed by atoms with Gasteiger partial charge in [-0.15, -0.1) is 0 Å². The molecule has 1 saturated carbocycles. The van der Waals surface area contributed by atoms with Gasteiger partial charge in [0.05, 0.1) is 5.57 Å². The second kappa shape index (κ2) is 6.19. The molecule has 0 amide bonds. The highest BCUT2D eigenvalue weighted by Crippen LogP contribution is 2.48. The Hall–Kier alpha value is -2.10. The van der Waals surface area contributed by atoms with Crippen molar-refractivity contribution in [3.8, 4) is 0 Å². The Morgan fingerprint density at radius 3 is 2.39 bits per heavy atom. The molecule has 2 atom stereocenters. The van der Waals surface area contributed by atoms with Crippen LogP contribution < -0.4 is 0 Å². The number of ketones is 1. The quantitative estimate of drug-likeness (QED) is 0.844. The summed E-state index contributed by atoms with van der Waals surface area (Å²) in [6.45, 7) is 3.91. The van der Waals surface area contributed by atoms with E-state index in [1.165, 1.54) is 0 Å². The number of carbonyl (C=O) groups is 2. The van der Waals surface area contributed by atoms with Gasteiger partial charge >= 0.3 is 5.97 Å². The Morgan fingerprint density at radius 1 is 1.17 bits per heavy atom. The molecule has 1 aliphatic carbocycles. The number of benzene rings is 1. The lowest BCUT2D eigenvalue weighted by atomic mass is 9.83. The standard InChI is InChI=1S/C19H22O4/c1-11(2)10-14-17(20)18(21)16(19(22)23-14)15(13-8-9-13)12-6-4-3-5-7-12/h3-7,11,13-15,21H,8-10H2,1-2H3. The predicted molar refractivity (Wildman–Crippen MR) is 85.9 cm³/mol. The number of ether oxygens (including phenoxy) is 1. The highest BCUT2D eigenvalue weighted by Gasteiger charge is 2.45. The lowest BCUT2D eigenvalue weighted by molar-refractivity contribution is -0.155. The zero-order chi connectivity index (χ0) is 16.6. The van der Waals surface area contributed by atoms with Crippen LogP contribution in [0.25, 0.3) is 0 Å². The van der Waals surface area contributed by atoms with Crippen molar-refractivity contribution in [3.63, 3.8) is 0 Å². The fourth-order valence-corrected chi connectivity index (χ4v) is 3.25. The summed E-state index contributed by atoms with van der Waals surface area (Å²) in [5.74, 6) is -1.17. The molecule has 1 N–H and O–H groups in total. The molecule has 0 spiro atoms. The summed E-state index contributed by atoms with van der Waals surface area (Å²) in [6.07, 6.45) is 1.56. The Balaban J connectivity index is 1.98.